The Balaban J connectivity index is 1.70. The molecule has 1 amide bonds. The average Bonchev–Trinajstić information content (AvgIpc) is 2.91. The van der Waals surface area contributed by atoms with Gasteiger partial charge in [0.05, 0.1) is 11.9 Å². The highest BCUT2D eigenvalue weighted by Crippen LogP contribution is 2.26. The fourth-order valence-corrected chi connectivity index (χ4v) is 2.49. The number of H-pyrrole nitrogens is 1. The molecule has 2 N–H and O–H groups in total. The first-order chi connectivity index (χ1) is 8.83. The van der Waals surface area contributed by atoms with Gasteiger partial charge >= 0.3 is 0 Å². The van der Waals surface area contributed by atoms with Crippen LogP contribution in [0.1, 0.15) is 17.5 Å². The molecule has 1 aliphatic rings. The van der Waals surface area contributed by atoms with Gasteiger partial charge < -0.3 is 5.32 Å². The van der Waals surface area contributed by atoms with Crippen LogP contribution < -0.4 is 5.32 Å². The zero-order chi connectivity index (χ0) is 12.4. The van der Waals surface area contributed by atoms with Crippen LogP contribution in [-0.2, 0) is 17.6 Å². The first kappa shape index (κ1) is 11.0. The minimum absolute atomic E-state index is 0.0646. The van der Waals surface area contributed by atoms with Gasteiger partial charge in [-0.1, -0.05) is 24.3 Å². The highest BCUT2D eigenvalue weighted by Gasteiger charge is 2.24. The topological polar surface area (TPSA) is 57.8 Å². The second-order valence-electron chi connectivity index (χ2n) is 4.68. The smallest absolute Gasteiger partial charge is 0.227 e. The molecule has 0 saturated carbocycles. The van der Waals surface area contributed by atoms with E-state index >= 15 is 0 Å². The molecule has 0 bridgehead atoms. The van der Waals surface area contributed by atoms with Crippen molar-refractivity contribution >= 4 is 11.6 Å². The molecule has 1 aliphatic carbocycles. The molecule has 4 heteroatoms. The Morgan fingerprint density at radius 2 is 2.17 bits per heavy atom. The van der Waals surface area contributed by atoms with Crippen LogP contribution in [0, 0.1) is 5.92 Å². The number of nitrogens with zero attached hydrogens (tertiary/aromatic N) is 1. The first-order valence-electron chi connectivity index (χ1n) is 6.19. The summed E-state index contributed by atoms with van der Waals surface area (Å²) in [5, 5.41) is 9.40. The number of hydrogen-bond acceptors (Lipinski definition) is 2. The maximum atomic E-state index is 12.1. The lowest BCUT2D eigenvalue weighted by atomic mass is 9.83. The third kappa shape index (κ3) is 2.14. The molecule has 4 nitrogen and oxygen atoms in total. The van der Waals surface area contributed by atoms with Crippen LogP contribution in [0.15, 0.2) is 36.7 Å². The lowest BCUT2D eigenvalue weighted by Crippen LogP contribution is -2.28. The number of amides is 1. The molecule has 0 aliphatic heterocycles. The summed E-state index contributed by atoms with van der Waals surface area (Å²) in [6.07, 6.45) is 6.05. The second kappa shape index (κ2) is 4.64. The van der Waals surface area contributed by atoms with Gasteiger partial charge in [-0.25, -0.2) is 0 Å². The summed E-state index contributed by atoms with van der Waals surface area (Å²) >= 11 is 0. The van der Waals surface area contributed by atoms with Crippen LogP contribution >= 0.6 is 0 Å². The minimum atomic E-state index is 0.0646. The van der Waals surface area contributed by atoms with E-state index in [1.807, 2.05) is 6.07 Å². The summed E-state index contributed by atoms with van der Waals surface area (Å²) in [6, 6.07) is 8.37. The van der Waals surface area contributed by atoms with Gasteiger partial charge in [0.1, 0.15) is 0 Å². The van der Waals surface area contributed by atoms with Crippen molar-refractivity contribution in [1.82, 2.24) is 10.2 Å². The van der Waals surface area contributed by atoms with E-state index in [9.17, 15) is 4.79 Å². The van der Waals surface area contributed by atoms with Gasteiger partial charge in [-0.15, -0.1) is 0 Å². The van der Waals surface area contributed by atoms with Crippen LogP contribution in [0.25, 0.3) is 0 Å². The number of aromatic amines is 1. The van der Waals surface area contributed by atoms with Crippen LogP contribution in [0.4, 0.5) is 5.69 Å². The molecule has 92 valence electrons. The quantitative estimate of drug-likeness (QED) is 0.846. The molecule has 3 rings (SSSR count). The Morgan fingerprint density at radius 3 is 2.94 bits per heavy atom. The van der Waals surface area contributed by atoms with Gasteiger partial charge in [-0.3, -0.25) is 9.89 Å². The van der Waals surface area contributed by atoms with E-state index in [1.54, 1.807) is 12.4 Å². The predicted molar refractivity (Wildman–Crippen MR) is 69.2 cm³/mol. The van der Waals surface area contributed by atoms with E-state index < -0.39 is 0 Å². The molecule has 1 atom stereocenters. The fourth-order valence-electron chi connectivity index (χ4n) is 2.49. The zero-order valence-electron chi connectivity index (χ0n) is 10.0. The molecule has 1 aromatic carbocycles. The van der Waals surface area contributed by atoms with Crippen molar-refractivity contribution in [3.63, 3.8) is 0 Å². The Labute approximate surface area is 105 Å². The lowest BCUT2D eigenvalue weighted by Gasteiger charge is -2.23. The van der Waals surface area contributed by atoms with Crippen molar-refractivity contribution in [2.45, 2.75) is 19.3 Å². The molecule has 0 saturated heterocycles. The summed E-state index contributed by atoms with van der Waals surface area (Å²) in [4.78, 5) is 12.1. The van der Waals surface area contributed by atoms with Gasteiger partial charge in [-0.05, 0) is 30.4 Å². The van der Waals surface area contributed by atoms with E-state index in [1.165, 1.54) is 11.1 Å². The number of aryl methyl sites for hydroxylation is 1. The number of carbonyl (C=O) groups excluding carboxylic acids is 1. The standard InChI is InChI=1S/C14H15N3O/c18-14(17-13-8-15-16-9-13)12-6-5-10-3-1-2-4-11(10)7-12/h1-4,8-9,12H,5-7H2,(H,15,16)(H,17,18). The van der Waals surface area contributed by atoms with Crippen molar-refractivity contribution in [3.8, 4) is 0 Å². The molecule has 1 unspecified atom stereocenters. The van der Waals surface area contributed by atoms with Crippen LogP contribution in [0.5, 0.6) is 0 Å². The highest BCUT2D eigenvalue weighted by molar-refractivity contribution is 5.92. The monoisotopic (exact) mass is 241 g/mol. The number of rotatable bonds is 2. The Bertz CT molecular complexity index is 548. The average molecular weight is 241 g/mol. The Morgan fingerprint density at radius 1 is 1.33 bits per heavy atom. The van der Waals surface area contributed by atoms with Gasteiger partial charge in [0.25, 0.3) is 0 Å². The minimum Gasteiger partial charge on any atom is -0.323 e. The van der Waals surface area contributed by atoms with E-state index in [2.05, 4.69) is 33.7 Å². The molecule has 0 spiro atoms. The molecular weight excluding hydrogens is 226 g/mol. The van der Waals surface area contributed by atoms with Gasteiger partial charge in [-0.2, -0.15) is 5.10 Å². The largest absolute Gasteiger partial charge is 0.323 e. The lowest BCUT2D eigenvalue weighted by molar-refractivity contribution is -0.120. The fraction of sp³-hybridized carbons (Fsp3) is 0.286. The zero-order valence-corrected chi connectivity index (χ0v) is 10.0. The molecule has 0 fully saturated rings. The summed E-state index contributed by atoms with van der Waals surface area (Å²) < 4.78 is 0. The molecule has 18 heavy (non-hydrogen) atoms. The van der Waals surface area contributed by atoms with E-state index in [0.717, 1.165) is 24.9 Å². The number of carbonyl (C=O) groups is 1. The van der Waals surface area contributed by atoms with E-state index in [-0.39, 0.29) is 11.8 Å². The van der Waals surface area contributed by atoms with Crippen molar-refractivity contribution in [1.29, 1.82) is 0 Å². The summed E-state index contributed by atoms with van der Waals surface area (Å²) in [6.45, 7) is 0. The number of fused-ring (bicyclic) bond motifs is 1. The number of aromatic nitrogens is 2. The molecule has 0 radical (unpaired) electrons. The number of benzene rings is 1. The summed E-state index contributed by atoms with van der Waals surface area (Å²) in [5.41, 5.74) is 3.42. The maximum Gasteiger partial charge on any atom is 0.227 e. The predicted octanol–water partition coefficient (Wildman–Crippen LogP) is 2.15. The number of hydrogen-bond donors (Lipinski definition) is 2. The van der Waals surface area contributed by atoms with Crippen molar-refractivity contribution in [2.75, 3.05) is 5.32 Å². The summed E-state index contributed by atoms with van der Waals surface area (Å²) in [5.74, 6) is 0.153. The van der Waals surface area contributed by atoms with Crippen molar-refractivity contribution in [2.24, 2.45) is 5.92 Å². The molecular formula is C14H15N3O. The molecule has 2 aromatic rings. The maximum absolute atomic E-state index is 12.1. The van der Waals surface area contributed by atoms with Crippen molar-refractivity contribution < 1.29 is 4.79 Å². The van der Waals surface area contributed by atoms with Crippen LogP contribution in [0.3, 0.4) is 0 Å². The van der Waals surface area contributed by atoms with Gasteiger partial charge in [0.15, 0.2) is 0 Å². The van der Waals surface area contributed by atoms with Crippen LogP contribution in [-0.4, -0.2) is 16.1 Å². The van der Waals surface area contributed by atoms with Crippen LogP contribution in [0.2, 0.25) is 0 Å². The van der Waals surface area contributed by atoms with Gasteiger partial charge in [0, 0.05) is 12.1 Å². The third-order valence-corrected chi connectivity index (χ3v) is 3.48. The van der Waals surface area contributed by atoms with E-state index in [4.69, 9.17) is 0 Å². The SMILES string of the molecule is O=C(Nc1cn[nH]c1)C1CCc2ccccc2C1. The normalized spacial score (nSPS) is 18.1. The number of anilines is 1. The second-order valence-corrected chi connectivity index (χ2v) is 4.68. The van der Waals surface area contributed by atoms with Crippen molar-refractivity contribution in [3.05, 3.63) is 47.8 Å². The Hall–Kier alpha value is -2.10. The molecule has 1 aromatic heterocycles. The number of nitrogens with one attached hydrogen (secondary N) is 2. The Kier molecular flexibility index (Phi) is 2.84. The summed E-state index contributed by atoms with van der Waals surface area (Å²) in [7, 11) is 0. The highest BCUT2D eigenvalue weighted by atomic mass is 16.1. The first-order valence-corrected chi connectivity index (χ1v) is 6.19. The van der Waals surface area contributed by atoms with E-state index in [0.29, 0.717) is 0 Å². The third-order valence-electron chi connectivity index (χ3n) is 3.48. The molecule has 1 heterocycles. The van der Waals surface area contributed by atoms with Gasteiger partial charge in [0.2, 0.25) is 5.91 Å².